The summed E-state index contributed by atoms with van der Waals surface area (Å²) in [4.78, 5) is 36.5. The lowest BCUT2D eigenvalue weighted by molar-refractivity contribution is -0.143. The van der Waals surface area contributed by atoms with Crippen LogP contribution < -0.4 is 0 Å². The third kappa shape index (κ3) is 7.28. The molecule has 0 aliphatic rings. The normalized spacial score (nSPS) is 13.2. The predicted molar refractivity (Wildman–Crippen MR) is 80.6 cm³/mol. The average Bonchev–Trinajstić information content (AvgIpc) is 2.22. The van der Waals surface area contributed by atoms with Crippen molar-refractivity contribution in [2.75, 3.05) is 0 Å². The first-order valence-electron chi connectivity index (χ1n) is 7.26. The van der Waals surface area contributed by atoms with Crippen molar-refractivity contribution in [1.82, 2.24) is 4.90 Å². The monoisotopic (exact) mass is 317 g/mol. The lowest BCUT2D eigenvalue weighted by atomic mass is 10.1. The molecule has 0 aromatic rings. The second-order valence-electron chi connectivity index (χ2n) is 6.97. The standard InChI is InChI=1S/C15H27NO6/c1-8-9-10(11(17)18)16(12(19)21-14(2,3)4)13(20)22-15(5,6)7/h10H,8-9H2,1-7H3,(H,17,18). The van der Waals surface area contributed by atoms with E-state index in [1.165, 1.54) is 0 Å². The molecule has 0 heterocycles. The van der Waals surface area contributed by atoms with Crippen LogP contribution in [0.1, 0.15) is 61.3 Å². The van der Waals surface area contributed by atoms with Crippen LogP contribution in [0.5, 0.6) is 0 Å². The van der Waals surface area contributed by atoms with Gasteiger partial charge in [0.25, 0.3) is 0 Å². The quantitative estimate of drug-likeness (QED) is 0.854. The molecule has 0 aromatic carbocycles. The van der Waals surface area contributed by atoms with Gasteiger partial charge < -0.3 is 14.6 Å². The smallest absolute Gasteiger partial charge is 0.420 e. The lowest BCUT2D eigenvalue weighted by Crippen LogP contribution is -2.51. The van der Waals surface area contributed by atoms with Crippen molar-refractivity contribution in [1.29, 1.82) is 0 Å². The molecule has 2 amide bonds. The number of carbonyl (C=O) groups excluding carboxylic acids is 2. The maximum absolute atomic E-state index is 12.2. The third-order valence-electron chi connectivity index (χ3n) is 2.34. The van der Waals surface area contributed by atoms with Gasteiger partial charge in [-0.2, -0.15) is 4.90 Å². The highest BCUT2D eigenvalue weighted by Crippen LogP contribution is 2.19. The third-order valence-corrected chi connectivity index (χ3v) is 2.34. The maximum Gasteiger partial charge on any atom is 0.420 e. The number of aliphatic carboxylic acids is 1. The fourth-order valence-corrected chi connectivity index (χ4v) is 1.59. The van der Waals surface area contributed by atoms with Crippen molar-refractivity contribution in [3.63, 3.8) is 0 Å². The average molecular weight is 317 g/mol. The van der Waals surface area contributed by atoms with Crippen LogP contribution in [0.2, 0.25) is 0 Å². The summed E-state index contributed by atoms with van der Waals surface area (Å²) >= 11 is 0. The van der Waals surface area contributed by atoms with Crippen molar-refractivity contribution in [2.45, 2.75) is 78.6 Å². The van der Waals surface area contributed by atoms with Gasteiger partial charge in [-0.15, -0.1) is 0 Å². The Bertz CT molecular complexity index is 391. The number of carbonyl (C=O) groups is 3. The molecule has 7 heteroatoms. The summed E-state index contributed by atoms with van der Waals surface area (Å²) < 4.78 is 10.3. The van der Waals surface area contributed by atoms with Crippen LogP contribution in [0.15, 0.2) is 0 Å². The number of ether oxygens (including phenoxy) is 2. The molecule has 0 spiro atoms. The lowest BCUT2D eigenvalue weighted by Gasteiger charge is -2.31. The van der Waals surface area contributed by atoms with Crippen LogP contribution in [-0.2, 0) is 14.3 Å². The highest BCUT2D eigenvalue weighted by atomic mass is 16.6. The predicted octanol–water partition coefficient (Wildman–Crippen LogP) is 3.41. The number of amides is 2. The number of carboxylic acids is 1. The van der Waals surface area contributed by atoms with Crippen LogP contribution in [0.4, 0.5) is 9.59 Å². The van der Waals surface area contributed by atoms with Gasteiger partial charge in [-0.3, -0.25) is 0 Å². The van der Waals surface area contributed by atoms with E-state index in [1.807, 2.05) is 0 Å². The van der Waals surface area contributed by atoms with Gasteiger partial charge in [0.15, 0.2) is 0 Å². The summed E-state index contributed by atoms with van der Waals surface area (Å²) in [5.41, 5.74) is -1.71. The summed E-state index contributed by atoms with van der Waals surface area (Å²) in [5, 5.41) is 9.31. The van der Waals surface area contributed by atoms with Gasteiger partial charge in [0.2, 0.25) is 0 Å². The highest BCUT2D eigenvalue weighted by molar-refractivity contribution is 5.93. The molecule has 0 saturated heterocycles. The number of rotatable bonds is 4. The van der Waals surface area contributed by atoms with E-state index in [4.69, 9.17) is 9.47 Å². The molecule has 0 rings (SSSR count). The van der Waals surface area contributed by atoms with Gasteiger partial charge in [-0.25, -0.2) is 14.4 Å². The Kier molecular flexibility index (Phi) is 6.86. The van der Waals surface area contributed by atoms with Crippen LogP contribution in [-0.4, -0.2) is 45.4 Å². The largest absolute Gasteiger partial charge is 0.480 e. The minimum atomic E-state index is -1.32. The molecule has 22 heavy (non-hydrogen) atoms. The summed E-state index contributed by atoms with van der Waals surface area (Å²) in [7, 11) is 0. The first-order valence-corrected chi connectivity index (χ1v) is 7.26. The van der Waals surface area contributed by atoms with Gasteiger partial charge in [-0.1, -0.05) is 13.3 Å². The Morgan fingerprint density at radius 1 is 0.955 bits per heavy atom. The number of hydrogen-bond acceptors (Lipinski definition) is 5. The van der Waals surface area contributed by atoms with Gasteiger partial charge >= 0.3 is 18.2 Å². The Hall–Kier alpha value is -1.79. The Balaban J connectivity index is 5.50. The van der Waals surface area contributed by atoms with Crippen LogP contribution >= 0.6 is 0 Å². The molecular weight excluding hydrogens is 290 g/mol. The summed E-state index contributed by atoms with van der Waals surface area (Å²) in [6.07, 6.45) is -1.45. The van der Waals surface area contributed by atoms with E-state index in [0.29, 0.717) is 11.3 Å². The molecule has 128 valence electrons. The fourth-order valence-electron chi connectivity index (χ4n) is 1.59. The zero-order chi connectivity index (χ0) is 17.7. The zero-order valence-electron chi connectivity index (χ0n) is 14.4. The van der Waals surface area contributed by atoms with E-state index in [1.54, 1.807) is 48.5 Å². The molecule has 0 fully saturated rings. The molecule has 1 unspecified atom stereocenters. The van der Waals surface area contributed by atoms with Crippen molar-refractivity contribution in [2.24, 2.45) is 0 Å². The van der Waals surface area contributed by atoms with E-state index in [2.05, 4.69) is 0 Å². The molecule has 7 nitrogen and oxygen atoms in total. The number of imide groups is 1. The molecule has 1 atom stereocenters. The maximum atomic E-state index is 12.2. The van der Waals surface area contributed by atoms with E-state index < -0.39 is 35.4 Å². The zero-order valence-corrected chi connectivity index (χ0v) is 14.4. The number of carboxylic acid groups (broad SMARTS) is 1. The molecular formula is C15H27NO6. The molecule has 0 radical (unpaired) electrons. The first-order chi connectivity index (χ1) is 9.78. The molecule has 1 N–H and O–H groups in total. The molecule has 0 aromatic heterocycles. The minimum absolute atomic E-state index is 0.119. The van der Waals surface area contributed by atoms with Crippen molar-refractivity contribution >= 4 is 18.2 Å². The molecule has 0 aliphatic carbocycles. The van der Waals surface area contributed by atoms with Gasteiger partial charge in [0.05, 0.1) is 0 Å². The van der Waals surface area contributed by atoms with Crippen molar-refractivity contribution in [3.8, 4) is 0 Å². The number of hydrogen-bond donors (Lipinski definition) is 1. The second kappa shape index (κ2) is 7.47. The molecule has 0 bridgehead atoms. The summed E-state index contributed by atoms with van der Waals surface area (Å²) in [6, 6.07) is -1.32. The summed E-state index contributed by atoms with van der Waals surface area (Å²) in [5.74, 6) is -1.28. The Morgan fingerprint density at radius 3 is 1.55 bits per heavy atom. The summed E-state index contributed by atoms with van der Waals surface area (Å²) in [6.45, 7) is 11.6. The van der Waals surface area contributed by atoms with Crippen molar-refractivity contribution in [3.05, 3.63) is 0 Å². The topological polar surface area (TPSA) is 93.1 Å². The molecule has 0 saturated carbocycles. The van der Waals surface area contributed by atoms with E-state index >= 15 is 0 Å². The van der Waals surface area contributed by atoms with Gasteiger partial charge in [0, 0.05) is 0 Å². The second-order valence-corrected chi connectivity index (χ2v) is 6.97. The Labute approximate surface area is 131 Å². The SMILES string of the molecule is CCCC(C(=O)O)N(C(=O)OC(C)(C)C)C(=O)OC(C)(C)C. The van der Waals surface area contributed by atoms with E-state index in [9.17, 15) is 19.5 Å². The number of nitrogens with zero attached hydrogens (tertiary/aromatic N) is 1. The van der Waals surface area contributed by atoms with Crippen molar-refractivity contribution < 1.29 is 29.0 Å². The van der Waals surface area contributed by atoms with E-state index in [-0.39, 0.29) is 6.42 Å². The van der Waals surface area contributed by atoms with Gasteiger partial charge in [0.1, 0.15) is 17.2 Å². The minimum Gasteiger partial charge on any atom is -0.480 e. The molecule has 0 aliphatic heterocycles. The van der Waals surface area contributed by atoms with Gasteiger partial charge in [-0.05, 0) is 48.0 Å². The first kappa shape index (κ1) is 20.2. The fraction of sp³-hybridized carbons (Fsp3) is 0.800. The highest BCUT2D eigenvalue weighted by Gasteiger charge is 2.39. The van der Waals surface area contributed by atoms with Crippen LogP contribution in [0.3, 0.4) is 0 Å². The van der Waals surface area contributed by atoms with E-state index in [0.717, 1.165) is 0 Å². The van der Waals surface area contributed by atoms with Crippen LogP contribution in [0.25, 0.3) is 0 Å². The Morgan fingerprint density at radius 2 is 1.32 bits per heavy atom. The van der Waals surface area contributed by atoms with Crippen LogP contribution in [0, 0.1) is 0 Å².